The van der Waals surface area contributed by atoms with Crippen molar-refractivity contribution in [1.82, 2.24) is 0 Å². The van der Waals surface area contributed by atoms with Gasteiger partial charge < -0.3 is 9.84 Å². The van der Waals surface area contributed by atoms with Gasteiger partial charge >= 0.3 is 136 Å². The number of methoxy groups -OCH3 is 2. The Morgan fingerprint density at radius 1 is 0.884 bits per heavy atom. The summed E-state index contributed by atoms with van der Waals surface area (Å²) in [5.41, 5.74) is 0.828. The van der Waals surface area contributed by atoms with Crippen LogP contribution in [-0.2, 0) is 9.36 Å². The maximum absolute atomic E-state index is 15.5. The fourth-order valence-corrected chi connectivity index (χ4v) is 6.37. The molecule has 0 bridgehead atoms. The molecule has 0 amide bonds. The summed E-state index contributed by atoms with van der Waals surface area (Å²) in [6, 6.07) is 5.76. The number of ether oxygens (including phenoxy) is 4. The Hall–Kier alpha value is -3.76. The van der Waals surface area contributed by atoms with Crippen molar-refractivity contribution in [1.29, 1.82) is 0 Å². The number of hydrogen-bond donors (Lipinski definition) is 1. The number of carboxylic acids is 1. The summed E-state index contributed by atoms with van der Waals surface area (Å²) in [7, 11) is 2.11. The minimum Gasteiger partial charge on any atom is -0.493 e. The number of carboxylic acid groups (broad SMARTS) is 1. The third-order valence-corrected chi connectivity index (χ3v) is 8.91. The fraction of sp³-hybridized carbons (Fsp3) is 0.310. The zero-order valence-corrected chi connectivity index (χ0v) is 25.9. The quantitative estimate of drug-likeness (QED) is 0.0896. The van der Waals surface area contributed by atoms with E-state index in [1.165, 1.54) is 52.3 Å². The van der Waals surface area contributed by atoms with Crippen LogP contribution in [0.5, 0.6) is 23.0 Å². The molecular formula is C29H25F2O9PS2. The first kappa shape index (κ1) is 32.2. The molecule has 0 aliphatic heterocycles. The molecule has 2 aromatic heterocycles. The Kier molecular flexibility index (Phi) is 9.92. The van der Waals surface area contributed by atoms with Gasteiger partial charge in [-0.1, -0.05) is 0 Å². The minimum atomic E-state index is -1.28. The van der Waals surface area contributed by atoms with Crippen LogP contribution in [0.25, 0.3) is 20.2 Å². The maximum atomic E-state index is 15.5. The molecule has 4 rings (SSSR count). The Morgan fingerprint density at radius 2 is 1.37 bits per heavy atom. The van der Waals surface area contributed by atoms with Crippen molar-refractivity contribution in [3.63, 3.8) is 0 Å². The van der Waals surface area contributed by atoms with Crippen LogP contribution >= 0.6 is 30.6 Å². The van der Waals surface area contributed by atoms with Crippen molar-refractivity contribution in [2.24, 2.45) is 5.41 Å². The molecule has 2 heterocycles. The monoisotopic (exact) mass is 650 g/mol. The molecule has 0 radical (unpaired) electrons. The van der Waals surface area contributed by atoms with E-state index in [0.717, 1.165) is 22.7 Å². The molecule has 0 spiro atoms. The summed E-state index contributed by atoms with van der Waals surface area (Å²) >= 11 is 2.03. The molecule has 0 atom stereocenters. The Bertz CT molecular complexity index is 1860. The Labute approximate surface area is 253 Å². The van der Waals surface area contributed by atoms with Crippen molar-refractivity contribution in [3.8, 4) is 28.6 Å². The van der Waals surface area contributed by atoms with Gasteiger partial charge in [-0.2, -0.15) is 0 Å². The van der Waals surface area contributed by atoms with Crippen molar-refractivity contribution < 1.29 is 51.8 Å². The molecule has 0 aliphatic carbocycles. The molecule has 0 aliphatic rings. The Morgan fingerprint density at radius 3 is 1.84 bits per heavy atom. The number of hydrogen-bond acceptors (Lipinski definition) is 10. The molecular weight excluding hydrogens is 625 g/mol. The Balaban J connectivity index is 1.47. The average Bonchev–Trinajstić information content (AvgIpc) is 3.59. The van der Waals surface area contributed by atoms with E-state index in [1.54, 1.807) is 0 Å². The smallest absolute Gasteiger partial charge is 0.493 e. The molecule has 0 saturated heterocycles. The summed E-state index contributed by atoms with van der Waals surface area (Å²) in [5.74, 6) is -3.77. The second kappa shape index (κ2) is 13.3. The SMILES string of the molecule is COc1cc2sc(C(=O)C#P=O)cc2c(F)c1OCCCOc1c(OC)cc2sc(C(=O)CC(C)(C)C(=O)O)cc2c1F. The molecule has 14 heteroatoms. The number of thiophene rings is 2. The second-order valence-corrected chi connectivity index (χ2v) is 12.4. The van der Waals surface area contributed by atoms with Crippen LogP contribution in [0.15, 0.2) is 24.3 Å². The summed E-state index contributed by atoms with van der Waals surface area (Å²) in [5, 5.41) is 9.59. The van der Waals surface area contributed by atoms with E-state index in [9.17, 15) is 24.1 Å². The standard InChI is InChI=1S/C29H25F2O9PS2/c1-29(2,28(34)35)12-16(32)22-8-14-20(42-22)10-18(37-3)26(24(14)30)39-6-5-7-40-27-19(38-4)11-21-15(25(27)31)9-23(43-21)17(33)13-41-36/h8-11H,5-7,12H2,1-4H3,(H,34,35). The van der Waals surface area contributed by atoms with Gasteiger partial charge in [0.2, 0.25) is 0 Å². The van der Waals surface area contributed by atoms with Crippen LogP contribution in [-0.4, -0.2) is 50.1 Å². The van der Waals surface area contributed by atoms with E-state index in [0.29, 0.717) is 9.40 Å². The summed E-state index contributed by atoms with van der Waals surface area (Å²) in [6.07, 6.45) is -0.0432. The van der Waals surface area contributed by atoms with E-state index in [4.69, 9.17) is 18.9 Å². The molecule has 4 aromatic rings. The van der Waals surface area contributed by atoms with Gasteiger partial charge in [0.1, 0.15) is 0 Å². The number of halogens is 2. The van der Waals surface area contributed by atoms with Gasteiger partial charge in [0.15, 0.2) is 23.1 Å². The summed E-state index contributed by atoms with van der Waals surface area (Å²) in [4.78, 5) is 36.5. The second-order valence-electron chi connectivity index (χ2n) is 9.86. The molecule has 0 unspecified atom stereocenters. The van der Waals surface area contributed by atoms with Gasteiger partial charge in [0.05, 0.1) is 17.4 Å². The van der Waals surface area contributed by atoms with Crippen molar-refractivity contribution >= 4 is 68.3 Å². The zero-order valence-electron chi connectivity index (χ0n) is 23.4. The number of carbonyl (C=O) groups is 3. The molecule has 2 aromatic carbocycles. The normalized spacial score (nSPS) is 11.3. The first-order valence-corrected chi connectivity index (χ1v) is 15.1. The van der Waals surface area contributed by atoms with Gasteiger partial charge in [-0.15, -0.1) is 11.3 Å². The summed E-state index contributed by atoms with van der Waals surface area (Å²) in [6.45, 7) is 2.82. The van der Waals surface area contributed by atoms with Gasteiger partial charge in [0.25, 0.3) is 0 Å². The predicted octanol–water partition coefficient (Wildman–Crippen LogP) is 7.38. The molecule has 1 N–H and O–H groups in total. The molecule has 226 valence electrons. The molecule has 9 nitrogen and oxygen atoms in total. The number of benzene rings is 2. The number of fused-ring (bicyclic) bond motifs is 2. The van der Waals surface area contributed by atoms with E-state index < -0.39 is 42.5 Å². The van der Waals surface area contributed by atoms with Gasteiger partial charge in [0, 0.05) is 22.6 Å². The number of rotatable bonds is 13. The van der Waals surface area contributed by atoms with E-state index in [2.05, 4.69) is 5.63 Å². The van der Waals surface area contributed by atoms with E-state index >= 15 is 8.78 Å². The minimum absolute atomic E-state index is 0.0338. The molecule has 0 fully saturated rings. The predicted molar refractivity (Wildman–Crippen MR) is 158 cm³/mol. The van der Waals surface area contributed by atoms with Gasteiger partial charge in [-0.3, -0.25) is 9.59 Å². The summed E-state index contributed by atoms with van der Waals surface area (Å²) < 4.78 is 64.2. The number of carbonyl (C=O) groups excluding carboxylic acids is 2. The van der Waals surface area contributed by atoms with Crippen LogP contribution in [0.3, 0.4) is 0 Å². The first-order chi connectivity index (χ1) is 20.4. The van der Waals surface area contributed by atoms with Crippen LogP contribution < -0.4 is 18.9 Å². The van der Waals surface area contributed by atoms with Crippen LogP contribution in [0.4, 0.5) is 8.78 Å². The van der Waals surface area contributed by atoms with Crippen molar-refractivity contribution in [2.45, 2.75) is 26.7 Å². The van der Waals surface area contributed by atoms with Crippen LogP contribution in [0.2, 0.25) is 0 Å². The van der Waals surface area contributed by atoms with Crippen LogP contribution in [0.1, 0.15) is 46.0 Å². The van der Waals surface area contributed by atoms with Crippen LogP contribution in [0, 0.1) is 22.7 Å². The van der Waals surface area contributed by atoms with Gasteiger partial charge in [-0.25, -0.2) is 4.39 Å². The zero-order chi connectivity index (χ0) is 31.5. The van der Waals surface area contributed by atoms with E-state index in [1.807, 2.05) is 0 Å². The molecule has 43 heavy (non-hydrogen) atoms. The first-order valence-electron chi connectivity index (χ1n) is 12.7. The fourth-order valence-electron chi connectivity index (χ4n) is 4.09. The number of Topliss-reactive ketones (excluding diaryl/α,β-unsaturated/α-hetero) is 2. The van der Waals surface area contributed by atoms with Crippen molar-refractivity contribution in [3.05, 3.63) is 45.7 Å². The third kappa shape index (κ3) is 6.75. The topological polar surface area (TPSA) is 125 Å². The number of aliphatic carboxylic acids is 1. The third-order valence-electron chi connectivity index (χ3n) is 6.41. The molecule has 0 saturated carbocycles. The average molecular weight is 651 g/mol. The van der Waals surface area contributed by atoms with E-state index in [-0.39, 0.29) is 69.6 Å². The van der Waals surface area contributed by atoms with Gasteiger partial charge in [-0.05, 0) is 19.9 Å². The number of ketones is 2. The van der Waals surface area contributed by atoms with Crippen molar-refractivity contribution in [2.75, 3.05) is 27.4 Å².